The zero-order valence-corrected chi connectivity index (χ0v) is 13.9. The molecule has 2 heteroatoms. The molecular formula is C19H30N2. The first kappa shape index (κ1) is 15.1. The SMILES string of the molecule is CNC1CCC(C)(C)CC1CN1CCc2ccccc2C1. The Bertz CT molecular complexity index is 480. The van der Waals surface area contributed by atoms with E-state index < -0.39 is 0 Å². The summed E-state index contributed by atoms with van der Waals surface area (Å²) in [4.78, 5) is 2.68. The maximum atomic E-state index is 3.57. The third kappa shape index (κ3) is 3.49. The van der Waals surface area contributed by atoms with Crippen LogP contribution in [0.5, 0.6) is 0 Å². The second-order valence-electron chi connectivity index (χ2n) is 7.82. The third-order valence-corrected chi connectivity index (χ3v) is 5.59. The Kier molecular flexibility index (Phi) is 4.37. The molecule has 1 aliphatic heterocycles. The van der Waals surface area contributed by atoms with Gasteiger partial charge >= 0.3 is 0 Å². The first-order valence-corrected chi connectivity index (χ1v) is 8.54. The first-order valence-electron chi connectivity index (χ1n) is 8.54. The molecule has 116 valence electrons. The lowest BCUT2D eigenvalue weighted by molar-refractivity contribution is 0.0978. The number of fused-ring (bicyclic) bond motifs is 1. The maximum Gasteiger partial charge on any atom is 0.0236 e. The summed E-state index contributed by atoms with van der Waals surface area (Å²) in [7, 11) is 2.14. The summed E-state index contributed by atoms with van der Waals surface area (Å²) in [5.41, 5.74) is 3.62. The smallest absolute Gasteiger partial charge is 0.0236 e. The van der Waals surface area contributed by atoms with Crippen LogP contribution in [-0.4, -0.2) is 31.1 Å². The van der Waals surface area contributed by atoms with E-state index in [1.807, 2.05) is 0 Å². The summed E-state index contributed by atoms with van der Waals surface area (Å²) in [5, 5.41) is 3.57. The van der Waals surface area contributed by atoms with Gasteiger partial charge in [0, 0.05) is 25.7 Å². The molecule has 1 heterocycles. The van der Waals surface area contributed by atoms with Crippen molar-refractivity contribution in [2.75, 3.05) is 20.1 Å². The summed E-state index contributed by atoms with van der Waals surface area (Å²) >= 11 is 0. The fraction of sp³-hybridized carbons (Fsp3) is 0.684. The molecule has 1 N–H and O–H groups in total. The molecule has 1 aromatic carbocycles. The van der Waals surface area contributed by atoms with Gasteiger partial charge in [-0.15, -0.1) is 0 Å². The minimum atomic E-state index is 0.520. The lowest BCUT2D eigenvalue weighted by atomic mass is 9.69. The molecule has 0 spiro atoms. The van der Waals surface area contributed by atoms with Crippen LogP contribution in [-0.2, 0) is 13.0 Å². The van der Waals surface area contributed by atoms with Gasteiger partial charge in [-0.3, -0.25) is 4.90 Å². The van der Waals surface area contributed by atoms with Crippen LogP contribution in [0.1, 0.15) is 44.2 Å². The van der Waals surface area contributed by atoms with E-state index in [1.54, 1.807) is 11.1 Å². The zero-order valence-electron chi connectivity index (χ0n) is 13.9. The molecule has 0 aromatic heterocycles. The Morgan fingerprint density at radius 2 is 2.00 bits per heavy atom. The number of nitrogens with zero attached hydrogens (tertiary/aromatic N) is 1. The summed E-state index contributed by atoms with van der Waals surface area (Å²) in [6, 6.07) is 9.67. The van der Waals surface area contributed by atoms with E-state index >= 15 is 0 Å². The van der Waals surface area contributed by atoms with Crippen LogP contribution in [0.15, 0.2) is 24.3 Å². The molecule has 0 radical (unpaired) electrons. The van der Waals surface area contributed by atoms with Crippen molar-refractivity contribution in [2.45, 2.75) is 52.1 Å². The topological polar surface area (TPSA) is 15.3 Å². The fourth-order valence-corrected chi connectivity index (χ4v) is 4.35. The van der Waals surface area contributed by atoms with E-state index in [9.17, 15) is 0 Å². The van der Waals surface area contributed by atoms with Crippen LogP contribution in [0.4, 0.5) is 0 Å². The average Bonchev–Trinajstić information content (AvgIpc) is 2.46. The number of hydrogen-bond acceptors (Lipinski definition) is 2. The molecule has 2 aliphatic rings. The van der Waals surface area contributed by atoms with E-state index in [0.29, 0.717) is 11.5 Å². The monoisotopic (exact) mass is 286 g/mol. The standard InChI is InChI=1S/C19H30N2/c1-19(2)10-8-18(20-3)17(12-19)14-21-11-9-15-6-4-5-7-16(15)13-21/h4-7,17-18,20H,8-14H2,1-3H3. The van der Waals surface area contributed by atoms with Gasteiger partial charge < -0.3 is 5.32 Å². The van der Waals surface area contributed by atoms with Crippen LogP contribution in [0.3, 0.4) is 0 Å². The summed E-state index contributed by atoms with van der Waals surface area (Å²) in [5.74, 6) is 0.795. The van der Waals surface area contributed by atoms with Gasteiger partial charge in [-0.1, -0.05) is 38.1 Å². The second kappa shape index (κ2) is 6.10. The lowest BCUT2D eigenvalue weighted by Crippen LogP contribution is -2.47. The van der Waals surface area contributed by atoms with Gasteiger partial charge in [-0.25, -0.2) is 0 Å². The zero-order chi connectivity index (χ0) is 14.9. The number of hydrogen-bond donors (Lipinski definition) is 1. The Morgan fingerprint density at radius 3 is 2.76 bits per heavy atom. The van der Waals surface area contributed by atoms with Crippen molar-refractivity contribution in [3.05, 3.63) is 35.4 Å². The van der Waals surface area contributed by atoms with Gasteiger partial charge in [0.15, 0.2) is 0 Å². The number of nitrogens with one attached hydrogen (secondary N) is 1. The van der Waals surface area contributed by atoms with Gasteiger partial charge in [0.1, 0.15) is 0 Å². The molecular weight excluding hydrogens is 256 g/mol. The van der Waals surface area contributed by atoms with Gasteiger partial charge in [0.05, 0.1) is 0 Å². The minimum Gasteiger partial charge on any atom is -0.317 e. The van der Waals surface area contributed by atoms with Crippen molar-refractivity contribution in [1.82, 2.24) is 10.2 Å². The largest absolute Gasteiger partial charge is 0.317 e. The third-order valence-electron chi connectivity index (χ3n) is 5.59. The molecule has 1 aliphatic carbocycles. The molecule has 2 atom stereocenters. The lowest BCUT2D eigenvalue weighted by Gasteiger charge is -2.43. The van der Waals surface area contributed by atoms with Crippen molar-refractivity contribution in [1.29, 1.82) is 0 Å². The Morgan fingerprint density at radius 1 is 1.24 bits per heavy atom. The molecule has 2 nitrogen and oxygen atoms in total. The summed E-state index contributed by atoms with van der Waals surface area (Å²) in [6.07, 6.45) is 5.27. The predicted octanol–water partition coefficient (Wildman–Crippen LogP) is 3.46. The number of rotatable bonds is 3. The molecule has 0 saturated heterocycles. The first-order chi connectivity index (χ1) is 10.1. The molecule has 1 aromatic rings. The quantitative estimate of drug-likeness (QED) is 0.915. The Balaban J connectivity index is 1.66. The highest BCUT2D eigenvalue weighted by Crippen LogP contribution is 2.39. The van der Waals surface area contributed by atoms with E-state index in [4.69, 9.17) is 0 Å². The van der Waals surface area contributed by atoms with E-state index in [1.165, 1.54) is 38.8 Å². The fourth-order valence-electron chi connectivity index (χ4n) is 4.35. The van der Waals surface area contributed by atoms with Gasteiger partial charge in [-0.05, 0) is 55.2 Å². The molecule has 2 unspecified atom stereocenters. The van der Waals surface area contributed by atoms with E-state index in [0.717, 1.165) is 12.5 Å². The molecule has 21 heavy (non-hydrogen) atoms. The molecule has 1 fully saturated rings. The summed E-state index contributed by atoms with van der Waals surface area (Å²) in [6.45, 7) is 8.51. The molecule has 3 rings (SSSR count). The highest BCUT2D eigenvalue weighted by Gasteiger charge is 2.35. The Labute approximate surface area is 129 Å². The van der Waals surface area contributed by atoms with E-state index in [2.05, 4.69) is 55.4 Å². The predicted molar refractivity (Wildman–Crippen MR) is 89.4 cm³/mol. The van der Waals surface area contributed by atoms with Crippen molar-refractivity contribution in [3.63, 3.8) is 0 Å². The van der Waals surface area contributed by atoms with Crippen molar-refractivity contribution < 1.29 is 0 Å². The maximum absolute atomic E-state index is 3.57. The summed E-state index contributed by atoms with van der Waals surface area (Å²) < 4.78 is 0. The average molecular weight is 286 g/mol. The van der Waals surface area contributed by atoms with Crippen LogP contribution < -0.4 is 5.32 Å². The van der Waals surface area contributed by atoms with Crippen molar-refractivity contribution in [3.8, 4) is 0 Å². The highest BCUT2D eigenvalue weighted by atomic mass is 15.1. The molecule has 0 amide bonds. The van der Waals surface area contributed by atoms with Crippen molar-refractivity contribution in [2.24, 2.45) is 11.3 Å². The van der Waals surface area contributed by atoms with Crippen LogP contribution in [0.25, 0.3) is 0 Å². The number of benzene rings is 1. The van der Waals surface area contributed by atoms with Gasteiger partial charge in [-0.2, -0.15) is 0 Å². The molecule has 0 bridgehead atoms. The van der Waals surface area contributed by atoms with Crippen LogP contribution in [0, 0.1) is 11.3 Å². The Hall–Kier alpha value is -0.860. The van der Waals surface area contributed by atoms with Crippen LogP contribution >= 0.6 is 0 Å². The second-order valence-corrected chi connectivity index (χ2v) is 7.82. The van der Waals surface area contributed by atoms with Crippen molar-refractivity contribution >= 4 is 0 Å². The normalized spacial score (nSPS) is 29.1. The van der Waals surface area contributed by atoms with Gasteiger partial charge in [0.2, 0.25) is 0 Å². The van der Waals surface area contributed by atoms with Crippen LogP contribution in [0.2, 0.25) is 0 Å². The molecule has 1 saturated carbocycles. The van der Waals surface area contributed by atoms with E-state index in [-0.39, 0.29) is 0 Å². The minimum absolute atomic E-state index is 0.520. The highest BCUT2D eigenvalue weighted by molar-refractivity contribution is 5.29. The van der Waals surface area contributed by atoms with Gasteiger partial charge in [0.25, 0.3) is 0 Å².